The van der Waals surface area contributed by atoms with Crippen LogP contribution in [0.25, 0.3) is 5.76 Å². The van der Waals surface area contributed by atoms with Gasteiger partial charge in [-0.15, -0.1) is 0 Å². The highest BCUT2D eigenvalue weighted by Gasteiger charge is 2.46. The Bertz CT molecular complexity index is 1420. The van der Waals surface area contributed by atoms with E-state index >= 15 is 0 Å². The number of ketones is 1. The van der Waals surface area contributed by atoms with E-state index in [0.717, 1.165) is 24.8 Å². The molecule has 8 nitrogen and oxygen atoms in total. The van der Waals surface area contributed by atoms with Gasteiger partial charge < -0.3 is 29.0 Å². The zero-order valence-corrected chi connectivity index (χ0v) is 22.7. The number of aliphatic hydroxyl groups is 1. The smallest absolute Gasteiger partial charge is 0.295 e. The molecule has 1 N–H and O–H groups in total. The van der Waals surface area contributed by atoms with Crippen molar-refractivity contribution in [3.8, 4) is 23.0 Å². The van der Waals surface area contributed by atoms with E-state index in [4.69, 9.17) is 18.9 Å². The number of Topliss-reactive ketones (excluding diaryl/α,β-unsaturated/α-hetero) is 1. The quantitative estimate of drug-likeness (QED) is 0.153. The number of carbonyl (C=O) groups excluding carboxylic acids is 2. The van der Waals surface area contributed by atoms with Crippen molar-refractivity contribution in [2.24, 2.45) is 0 Å². The fourth-order valence-corrected chi connectivity index (χ4v) is 5.02. The number of carbonyl (C=O) groups is 2. The summed E-state index contributed by atoms with van der Waals surface area (Å²) in [5.41, 5.74) is 1.83. The van der Waals surface area contributed by atoms with E-state index in [1.54, 1.807) is 37.4 Å². The lowest BCUT2D eigenvalue weighted by Gasteiger charge is -2.26. The van der Waals surface area contributed by atoms with Gasteiger partial charge in [0.2, 0.25) is 0 Å². The van der Waals surface area contributed by atoms with Gasteiger partial charge in [-0.2, -0.15) is 0 Å². The molecule has 2 aliphatic rings. The standard InChI is InChI=1S/C32H33NO7/c1-3-4-8-15-38-24-13-11-22(18-26(24)37-2)29-28(30(34)23-12-14-25-27(19-23)40-17-16-39-25)31(35)32(36)33(29)20-21-9-6-5-7-10-21/h5-7,9-14,18-19,29,34H,3-4,8,15-17,20H2,1-2H3/b30-28-. The highest BCUT2D eigenvalue weighted by Crippen LogP contribution is 2.43. The number of unbranched alkanes of at least 4 members (excludes halogenated alkanes) is 2. The Kier molecular flexibility index (Phi) is 8.24. The molecule has 1 amide bonds. The molecule has 0 bridgehead atoms. The highest BCUT2D eigenvalue weighted by molar-refractivity contribution is 6.46. The number of hydrogen-bond acceptors (Lipinski definition) is 7. The lowest BCUT2D eigenvalue weighted by molar-refractivity contribution is -0.140. The van der Waals surface area contributed by atoms with E-state index in [0.29, 0.717) is 53.9 Å². The van der Waals surface area contributed by atoms with Crippen molar-refractivity contribution >= 4 is 17.4 Å². The molecule has 3 aromatic rings. The number of benzene rings is 3. The Morgan fingerprint density at radius 3 is 2.48 bits per heavy atom. The van der Waals surface area contributed by atoms with Crippen molar-refractivity contribution in [1.82, 2.24) is 4.90 Å². The number of rotatable bonds is 10. The van der Waals surface area contributed by atoms with E-state index in [9.17, 15) is 14.7 Å². The lowest BCUT2D eigenvalue weighted by Crippen LogP contribution is -2.29. The summed E-state index contributed by atoms with van der Waals surface area (Å²) in [4.78, 5) is 28.4. The van der Waals surface area contributed by atoms with Crippen molar-refractivity contribution in [2.75, 3.05) is 26.9 Å². The van der Waals surface area contributed by atoms with Crippen molar-refractivity contribution in [3.63, 3.8) is 0 Å². The first kappa shape index (κ1) is 27.1. The minimum Gasteiger partial charge on any atom is -0.507 e. The second-order valence-electron chi connectivity index (χ2n) is 9.74. The third-order valence-corrected chi connectivity index (χ3v) is 7.06. The zero-order valence-electron chi connectivity index (χ0n) is 22.7. The summed E-state index contributed by atoms with van der Waals surface area (Å²) in [5.74, 6) is 0.362. The Balaban J connectivity index is 1.58. The molecule has 0 aliphatic carbocycles. The molecule has 1 fully saturated rings. The molecule has 0 aromatic heterocycles. The van der Waals surface area contributed by atoms with Crippen LogP contribution in [0.4, 0.5) is 0 Å². The number of amides is 1. The normalized spacial score (nSPS) is 17.6. The van der Waals surface area contributed by atoms with Crippen molar-refractivity contribution in [3.05, 3.63) is 89.0 Å². The number of hydrogen-bond donors (Lipinski definition) is 1. The molecule has 0 radical (unpaired) electrons. The van der Waals surface area contributed by atoms with Gasteiger partial charge in [0.05, 0.1) is 25.3 Å². The molecule has 0 saturated carbocycles. The maximum absolute atomic E-state index is 13.5. The summed E-state index contributed by atoms with van der Waals surface area (Å²) in [5, 5.41) is 11.5. The molecule has 208 valence electrons. The lowest BCUT2D eigenvalue weighted by atomic mass is 9.94. The summed E-state index contributed by atoms with van der Waals surface area (Å²) in [6.45, 7) is 3.69. The number of fused-ring (bicyclic) bond motifs is 1. The summed E-state index contributed by atoms with van der Waals surface area (Å²) < 4.78 is 22.9. The average Bonchev–Trinajstić information content (AvgIpc) is 3.24. The van der Waals surface area contributed by atoms with Crippen LogP contribution >= 0.6 is 0 Å². The molecular weight excluding hydrogens is 510 g/mol. The first-order valence-electron chi connectivity index (χ1n) is 13.5. The van der Waals surface area contributed by atoms with Crippen LogP contribution in [0.2, 0.25) is 0 Å². The Hall–Kier alpha value is -4.46. The van der Waals surface area contributed by atoms with Crippen LogP contribution in [0.15, 0.2) is 72.3 Å². The molecule has 5 rings (SSSR count). The number of likely N-dealkylation sites (tertiary alicyclic amines) is 1. The maximum Gasteiger partial charge on any atom is 0.295 e. The van der Waals surface area contributed by atoms with Crippen molar-refractivity contribution in [1.29, 1.82) is 0 Å². The van der Waals surface area contributed by atoms with Crippen LogP contribution in [0.3, 0.4) is 0 Å². The Morgan fingerprint density at radius 2 is 1.73 bits per heavy atom. The van der Waals surface area contributed by atoms with Crippen LogP contribution in [0.5, 0.6) is 23.0 Å². The molecule has 1 atom stereocenters. The highest BCUT2D eigenvalue weighted by atomic mass is 16.6. The number of aliphatic hydroxyl groups excluding tert-OH is 1. The minimum absolute atomic E-state index is 0.00345. The van der Waals surface area contributed by atoms with Gasteiger partial charge >= 0.3 is 0 Å². The second-order valence-corrected chi connectivity index (χ2v) is 9.74. The molecule has 2 heterocycles. The van der Waals surface area contributed by atoms with E-state index in [2.05, 4.69) is 6.92 Å². The maximum atomic E-state index is 13.5. The summed E-state index contributed by atoms with van der Waals surface area (Å²) in [6, 6.07) is 18.9. The monoisotopic (exact) mass is 543 g/mol. The SMILES string of the molecule is CCCCCOc1ccc(C2/C(=C(/O)c3ccc4c(c3)OCCO4)C(=O)C(=O)N2Cc2ccccc2)cc1OC. The van der Waals surface area contributed by atoms with Crippen molar-refractivity contribution < 1.29 is 33.6 Å². The molecule has 0 spiro atoms. The summed E-state index contributed by atoms with van der Waals surface area (Å²) in [6.07, 6.45) is 3.07. The third-order valence-electron chi connectivity index (χ3n) is 7.06. The largest absolute Gasteiger partial charge is 0.507 e. The predicted molar refractivity (Wildman–Crippen MR) is 150 cm³/mol. The zero-order chi connectivity index (χ0) is 28.1. The molecular formula is C32H33NO7. The molecule has 3 aromatic carbocycles. The number of ether oxygens (including phenoxy) is 4. The average molecular weight is 544 g/mol. The van der Waals surface area contributed by atoms with Gasteiger partial charge in [0.1, 0.15) is 19.0 Å². The minimum atomic E-state index is -0.851. The molecule has 1 saturated heterocycles. The van der Waals surface area contributed by atoms with Crippen LogP contribution in [-0.2, 0) is 16.1 Å². The van der Waals surface area contributed by atoms with Crippen LogP contribution in [-0.4, -0.2) is 48.6 Å². The first-order valence-corrected chi connectivity index (χ1v) is 13.5. The molecule has 8 heteroatoms. The van der Waals surface area contributed by atoms with Crippen LogP contribution in [0, 0.1) is 0 Å². The topological polar surface area (TPSA) is 94.5 Å². The second kappa shape index (κ2) is 12.2. The van der Waals surface area contributed by atoms with E-state index in [1.165, 1.54) is 4.90 Å². The number of methoxy groups -OCH3 is 1. The van der Waals surface area contributed by atoms with E-state index in [1.807, 2.05) is 36.4 Å². The van der Waals surface area contributed by atoms with Crippen LogP contribution in [0.1, 0.15) is 48.9 Å². The van der Waals surface area contributed by atoms with Crippen molar-refractivity contribution in [2.45, 2.75) is 38.8 Å². The van der Waals surface area contributed by atoms with E-state index < -0.39 is 17.7 Å². The Labute approximate surface area is 233 Å². The third kappa shape index (κ3) is 5.47. The van der Waals surface area contributed by atoms with Gasteiger partial charge in [-0.25, -0.2) is 0 Å². The van der Waals surface area contributed by atoms with Gasteiger partial charge in [-0.1, -0.05) is 56.2 Å². The van der Waals surface area contributed by atoms with Gasteiger partial charge in [-0.05, 0) is 47.9 Å². The van der Waals surface area contributed by atoms with Gasteiger partial charge in [-0.3, -0.25) is 9.59 Å². The van der Waals surface area contributed by atoms with E-state index in [-0.39, 0.29) is 17.9 Å². The predicted octanol–water partition coefficient (Wildman–Crippen LogP) is 5.66. The fraction of sp³-hybridized carbons (Fsp3) is 0.312. The summed E-state index contributed by atoms with van der Waals surface area (Å²) >= 11 is 0. The molecule has 2 aliphatic heterocycles. The Morgan fingerprint density at radius 1 is 0.950 bits per heavy atom. The van der Waals surface area contributed by atoms with Gasteiger partial charge in [0, 0.05) is 12.1 Å². The van der Waals surface area contributed by atoms with Gasteiger partial charge in [0.15, 0.2) is 23.0 Å². The molecule has 1 unspecified atom stereocenters. The first-order chi connectivity index (χ1) is 19.5. The fourth-order valence-electron chi connectivity index (χ4n) is 5.02. The number of nitrogens with zero attached hydrogens (tertiary/aromatic N) is 1. The molecule has 40 heavy (non-hydrogen) atoms. The van der Waals surface area contributed by atoms with Gasteiger partial charge in [0.25, 0.3) is 11.7 Å². The van der Waals surface area contributed by atoms with Crippen LogP contribution < -0.4 is 18.9 Å². The summed E-state index contributed by atoms with van der Waals surface area (Å²) in [7, 11) is 1.55.